The Bertz CT molecular complexity index is 944. The van der Waals surface area contributed by atoms with Crippen LogP contribution in [0.2, 0.25) is 0 Å². The van der Waals surface area contributed by atoms with Crippen LogP contribution in [0.4, 0.5) is 5.82 Å². The number of likely N-dealkylation sites (N-methyl/N-ethyl adjacent to an activating group) is 1. The summed E-state index contributed by atoms with van der Waals surface area (Å²) in [5, 5.41) is 7.17. The molecule has 31 heavy (non-hydrogen) atoms. The van der Waals surface area contributed by atoms with Crippen molar-refractivity contribution in [3.63, 3.8) is 0 Å². The third-order valence-electron chi connectivity index (χ3n) is 5.75. The van der Waals surface area contributed by atoms with Crippen molar-refractivity contribution in [2.24, 2.45) is 0 Å². The van der Waals surface area contributed by atoms with Crippen LogP contribution in [0.3, 0.4) is 0 Å². The summed E-state index contributed by atoms with van der Waals surface area (Å²) in [7, 11) is 1.91. The average Bonchev–Trinajstić information content (AvgIpc) is 3.25. The van der Waals surface area contributed by atoms with E-state index in [9.17, 15) is 9.59 Å². The fourth-order valence-electron chi connectivity index (χ4n) is 3.85. The molecule has 4 rings (SSSR count). The highest BCUT2D eigenvalue weighted by Crippen LogP contribution is 2.31. The molecule has 0 spiro atoms. The van der Waals surface area contributed by atoms with Crippen LogP contribution in [-0.4, -0.2) is 77.3 Å². The highest BCUT2D eigenvalue weighted by Gasteiger charge is 2.32. The van der Waals surface area contributed by atoms with Crippen molar-refractivity contribution in [2.45, 2.75) is 32.4 Å². The van der Waals surface area contributed by atoms with E-state index in [4.69, 9.17) is 9.47 Å². The van der Waals surface area contributed by atoms with Crippen LogP contribution >= 0.6 is 0 Å². The van der Waals surface area contributed by atoms with Gasteiger partial charge < -0.3 is 19.7 Å². The van der Waals surface area contributed by atoms with Gasteiger partial charge in [-0.3, -0.25) is 19.2 Å². The smallest absolute Gasteiger partial charge is 0.244 e. The van der Waals surface area contributed by atoms with Gasteiger partial charge in [0.2, 0.25) is 11.8 Å². The Morgan fingerprint density at radius 2 is 1.97 bits per heavy atom. The Balaban J connectivity index is 1.32. The molecule has 9 heteroatoms. The summed E-state index contributed by atoms with van der Waals surface area (Å²) < 4.78 is 12.9. The lowest BCUT2D eigenvalue weighted by atomic mass is 10.1. The van der Waals surface area contributed by atoms with E-state index in [1.807, 2.05) is 43.3 Å². The van der Waals surface area contributed by atoms with E-state index >= 15 is 0 Å². The number of rotatable bonds is 6. The lowest BCUT2D eigenvalue weighted by Crippen LogP contribution is -2.57. The summed E-state index contributed by atoms with van der Waals surface area (Å²) in [5.74, 6) is 1.92. The zero-order chi connectivity index (χ0) is 21.8. The van der Waals surface area contributed by atoms with Crippen molar-refractivity contribution in [1.82, 2.24) is 19.6 Å². The molecule has 1 aromatic carbocycles. The van der Waals surface area contributed by atoms with Gasteiger partial charge in [-0.1, -0.05) is 6.07 Å². The van der Waals surface area contributed by atoms with Gasteiger partial charge in [-0.2, -0.15) is 5.10 Å². The zero-order valence-corrected chi connectivity index (χ0v) is 18.0. The van der Waals surface area contributed by atoms with Crippen LogP contribution in [0, 0.1) is 0 Å². The lowest BCUT2D eigenvalue weighted by molar-refractivity contribution is -0.136. The van der Waals surface area contributed by atoms with Gasteiger partial charge in [-0.25, -0.2) is 0 Å². The normalized spacial score (nSPS) is 18.6. The fourth-order valence-corrected chi connectivity index (χ4v) is 3.85. The van der Waals surface area contributed by atoms with Gasteiger partial charge in [0.15, 0.2) is 17.3 Å². The van der Waals surface area contributed by atoms with Crippen LogP contribution in [0.1, 0.15) is 18.9 Å². The Hall–Kier alpha value is -3.07. The molecule has 3 heterocycles. The zero-order valence-electron chi connectivity index (χ0n) is 18.0. The minimum Gasteiger partial charge on any atom is -0.486 e. The SMILES string of the molecule is CCn1ccc(NC(=O)[C@H]2CN(C(=O)CCc3ccc4c(c3)OCCO4)CCN2C)n1. The van der Waals surface area contributed by atoms with Gasteiger partial charge >= 0.3 is 0 Å². The predicted molar refractivity (Wildman–Crippen MR) is 115 cm³/mol. The Labute approximate surface area is 181 Å². The number of hydrogen-bond acceptors (Lipinski definition) is 6. The molecule has 2 aromatic rings. The molecule has 2 aliphatic rings. The molecule has 0 bridgehead atoms. The summed E-state index contributed by atoms with van der Waals surface area (Å²) >= 11 is 0. The van der Waals surface area contributed by atoms with E-state index in [0.29, 0.717) is 51.5 Å². The largest absolute Gasteiger partial charge is 0.486 e. The maximum atomic E-state index is 12.8. The van der Waals surface area contributed by atoms with Gasteiger partial charge in [0.05, 0.1) is 0 Å². The van der Waals surface area contributed by atoms with Crippen molar-refractivity contribution >= 4 is 17.6 Å². The first-order valence-corrected chi connectivity index (χ1v) is 10.7. The van der Waals surface area contributed by atoms with Gasteiger partial charge in [0.1, 0.15) is 19.3 Å². The van der Waals surface area contributed by atoms with Crippen molar-refractivity contribution < 1.29 is 19.1 Å². The molecular weight excluding hydrogens is 398 g/mol. The van der Waals surface area contributed by atoms with Gasteiger partial charge in [0.25, 0.3) is 0 Å². The molecule has 1 fully saturated rings. The summed E-state index contributed by atoms with van der Waals surface area (Å²) in [6, 6.07) is 7.18. The number of nitrogens with zero attached hydrogens (tertiary/aromatic N) is 4. The molecule has 1 atom stereocenters. The number of amides is 2. The Kier molecular flexibility index (Phi) is 6.41. The van der Waals surface area contributed by atoms with Crippen LogP contribution in [0.15, 0.2) is 30.5 Å². The molecule has 1 N–H and O–H groups in total. The first-order valence-electron chi connectivity index (χ1n) is 10.7. The first kappa shape index (κ1) is 21.2. The van der Waals surface area contributed by atoms with Crippen LogP contribution in [0.5, 0.6) is 11.5 Å². The molecule has 1 aromatic heterocycles. The van der Waals surface area contributed by atoms with Crippen LogP contribution < -0.4 is 14.8 Å². The predicted octanol–water partition coefficient (Wildman–Crippen LogP) is 1.39. The van der Waals surface area contributed by atoms with Crippen LogP contribution in [0.25, 0.3) is 0 Å². The van der Waals surface area contributed by atoms with E-state index in [2.05, 4.69) is 10.4 Å². The number of aromatic nitrogens is 2. The topological polar surface area (TPSA) is 88.9 Å². The van der Waals surface area contributed by atoms with Gasteiger partial charge in [-0.15, -0.1) is 0 Å². The molecule has 0 saturated carbocycles. The van der Waals surface area contributed by atoms with Gasteiger partial charge in [0, 0.05) is 44.9 Å². The molecule has 0 aliphatic carbocycles. The van der Waals surface area contributed by atoms with E-state index in [-0.39, 0.29) is 11.8 Å². The van der Waals surface area contributed by atoms with Crippen molar-refractivity contribution in [3.05, 3.63) is 36.0 Å². The average molecular weight is 428 g/mol. The molecule has 9 nitrogen and oxygen atoms in total. The number of benzene rings is 1. The number of hydrogen-bond donors (Lipinski definition) is 1. The highest BCUT2D eigenvalue weighted by molar-refractivity contribution is 5.94. The van der Waals surface area contributed by atoms with E-state index in [1.54, 1.807) is 15.6 Å². The van der Waals surface area contributed by atoms with E-state index < -0.39 is 6.04 Å². The monoisotopic (exact) mass is 427 g/mol. The fraction of sp³-hybridized carbons (Fsp3) is 0.500. The molecule has 2 aliphatic heterocycles. The maximum Gasteiger partial charge on any atom is 0.244 e. The number of ether oxygens (including phenoxy) is 2. The second kappa shape index (κ2) is 9.38. The second-order valence-electron chi connectivity index (χ2n) is 7.86. The summed E-state index contributed by atoms with van der Waals surface area (Å²) in [6.07, 6.45) is 2.83. The number of carbonyl (C=O) groups is 2. The summed E-state index contributed by atoms with van der Waals surface area (Å²) in [4.78, 5) is 29.4. The number of piperazine rings is 1. The lowest BCUT2D eigenvalue weighted by Gasteiger charge is -2.38. The maximum absolute atomic E-state index is 12.8. The Morgan fingerprint density at radius 1 is 1.16 bits per heavy atom. The number of nitrogens with one attached hydrogen (secondary N) is 1. The standard InChI is InChI=1S/C22H29N5O4/c1-3-27-9-8-20(24-27)23-22(29)17-15-26(11-10-25(17)2)21(28)7-5-16-4-6-18-19(14-16)31-13-12-30-18/h4,6,8-9,14,17H,3,5,7,10-13,15H2,1-2H3,(H,23,24,29)/t17-/m1/s1. The molecule has 0 radical (unpaired) electrons. The van der Waals surface area contributed by atoms with Crippen molar-refractivity contribution in [3.8, 4) is 11.5 Å². The second-order valence-corrected chi connectivity index (χ2v) is 7.86. The number of aryl methyl sites for hydroxylation is 2. The molecule has 2 amide bonds. The van der Waals surface area contributed by atoms with E-state index in [0.717, 1.165) is 23.6 Å². The summed E-state index contributed by atoms with van der Waals surface area (Å²) in [5.41, 5.74) is 1.03. The quantitative estimate of drug-likeness (QED) is 0.750. The first-order chi connectivity index (χ1) is 15.0. The van der Waals surface area contributed by atoms with Gasteiger partial charge in [-0.05, 0) is 38.1 Å². The van der Waals surface area contributed by atoms with Crippen molar-refractivity contribution in [2.75, 3.05) is 45.2 Å². The minimum absolute atomic E-state index is 0.0519. The summed E-state index contributed by atoms with van der Waals surface area (Å²) in [6.45, 7) is 5.47. The third kappa shape index (κ3) is 4.99. The van der Waals surface area contributed by atoms with E-state index in [1.165, 1.54) is 0 Å². The van der Waals surface area contributed by atoms with Crippen LogP contribution in [-0.2, 0) is 22.6 Å². The number of anilines is 1. The molecule has 166 valence electrons. The molecule has 0 unspecified atom stereocenters. The number of carbonyl (C=O) groups excluding carboxylic acids is 2. The highest BCUT2D eigenvalue weighted by atomic mass is 16.6. The minimum atomic E-state index is -0.404. The van der Waals surface area contributed by atoms with Crippen molar-refractivity contribution in [1.29, 1.82) is 0 Å². The Morgan fingerprint density at radius 3 is 2.74 bits per heavy atom. The third-order valence-corrected chi connectivity index (χ3v) is 5.75. The molecular formula is C22H29N5O4. The molecule has 1 saturated heterocycles. The number of fused-ring (bicyclic) bond motifs is 1.